The fourth-order valence-corrected chi connectivity index (χ4v) is 1.18. The second-order valence-corrected chi connectivity index (χ2v) is 4.87. The summed E-state index contributed by atoms with van der Waals surface area (Å²) in [6.07, 6.45) is -40.6. The lowest BCUT2D eigenvalue weighted by Crippen LogP contribution is -2.64. The van der Waals surface area contributed by atoms with Gasteiger partial charge in [-0.3, -0.25) is 0 Å². The SMILES string of the molecule is OCCOC(F)C(F)(F)OC(F)(F)C(F)(F)OC(F)(F)C(F)(F)C(F)(F)C(F)(F)F. The van der Waals surface area contributed by atoms with Crippen molar-refractivity contribution in [1.82, 2.24) is 0 Å². The quantitative estimate of drug-likeness (QED) is 0.430. The van der Waals surface area contributed by atoms with Crippen LogP contribution < -0.4 is 0 Å². The van der Waals surface area contributed by atoms with Gasteiger partial charge in [0.1, 0.15) is 0 Å². The number of rotatable bonds is 11. The van der Waals surface area contributed by atoms with Gasteiger partial charge in [-0.05, 0) is 0 Å². The monoisotopic (exact) mass is 494 g/mol. The van der Waals surface area contributed by atoms with Crippen LogP contribution in [0.1, 0.15) is 0 Å². The smallest absolute Gasteiger partial charge is 0.394 e. The Hall–Kier alpha value is -1.28. The molecule has 0 aromatic carbocycles. The van der Waals surface area contributed by atoms with Crippen LogP contribution in [0, 0.1) is 0 Å². The van der Waals surface area contributed by atoms with Crippen molar-refractivity contribution < 1.29 is 89.6 Å². The fourth-order valence-electron chi connectivity index (χ4n) is 1.18. The highest BCUT2D eigenvalue weighted by molar-refractivity contribution is 4.97. The van der Waals surface area contributed by atoms with Gasteiger partial charge < -0.3 is 9.84 Å². The molecule has 0 aliphatic rings. The van der Waals surface area contributed by atoms with E-state index in [0.29, 0.717) is 0 Å². The molecule has 0 saturated heterocycles. The molecular weight excluding hydrogens is 488 g/mol. The van der Waals surface area contributed by atoms with E-state index < -0.39 is 62.0 Å². The van der Waals surface area contributed by atoms with Gasteiger partial charge >= 0.3 is 42.5 Å². The molecule has 20 heteroatoms. The summed E-state index contributed by atoms with van der Waals surface area (Å²) < 4.78 is 209. The Morgan fingerprint density at radius 3 is 1.37 bits per heavy atom. The minimum atomic E-state index is -7.98. The van der Waals surface area contributed by atoms with Crippen LogP contribution in [-0.2, 0) is 14.2 Å². The summed E-state index contributed by atoms with van der Waals surface area (Å²) in [5.41, 5.74) is 0. The van der Waals surface area contributed by atoms with Crippen molar-refractivity contribution >= 4 is 0 Å². The molecule has 0 heterocycles. The zero-order chi connectivity index (χ0) is 24.6. The third kappa shape index (κ3) is 5.49. The highest BCUT2D eigenvalue weighted by Crippen LogP contribution is 2.56. The third-order valence-electron chi connectivity index (χ3n) is 2.60. The Morgan fingerprint density at radius 1 is 0.600 bits per heavy atom. The Balaban J connectivity index is 5.81. The summed E-state index contributed by atoms with van der Waals surface area (Å²) in [7, 11) is 0. The fraction of sp³-hybridized carbons (Fsp3) is 1.00. The van der Waals surface area contributed by atoms with Crippen molar-refractivity contribution in [3.8, 4) is 0 Å². The van der Waals surface area contributed by atoms with Crippen molar-refractivity contribution in [2.24, 2.45) is 0 Å². The zero-order valence-electron chi connectivity index (χ0n) is 13.2. The van der Waals surface area contributed by atoms with E-state index in [4.69, 9.17) is 5.11 Å². The van der Waals surface area contributed by atoms with Crippen LogP contribution in [0.3, 0.4) is 0 Å². The van der Waals surface area contributed by atoms with Gasteiger partial charge in [-0.25, -0.2) is 13.9 Å². The zero-order valence-corrected chi connectivity index (χ0v) is 13.2. The van der Waals surface area contributed by atoms with E-state index in [1.807, 2.05) is 4.74 Å². The minimum Gasteiger partial charge on any atom is -0.394 e. The molecule has 0 aliphatic carbocycles. The lowest BCUT2D eigenvalue weighted by molar-refractivity contribution is -0.548. The van der Waals surface area contributed by atoms with Crippen LogP contribution in [-0.4, -0.2) is 67.1 Å². The molecule has 0 bridgehead atoms. The molecule has 0 saturated carbocycles. The Morgan fingerprint density at radius 2 is 1.00 bits per heavy atom. The van der Waals surface area contributed by atoms with Crippen LogP contribution in [0.2, 0.25) is 0 Å². The van der Waals surface area contributed by atoms with Crippen LogP contribution in [0.25, 0.3) is 0 Å². The number of ether oxygens (including phenoxy) is 3. The molecule has 182 valence electrons. The number of aliphatic hydroxyl groups is 1. The standard InChI is InChI=1S/C10H6F16O4/c11-3(28-2-1-27)4(12,13)29-9(23,24)10(25,26)30-8(21,22)6(16,17)5(14,15)7(18,19)20/h3,27H,1-2H2. The number of aliphatic hydroxyl groups excluding tert-OH is 1. The van der Waals surface area contributed by atoms with E-state index in [9.17, 15) is 70.2 Å². The lowest BCUT2D eigenvalue weighted by Gasteiger charge is -2.36. The van der Waals surface area contributed by atoms with E-state index in [-0.39, 0.29) is 0 Å². The average molecular weight is 494 g/mol. The van der Waals surface area contributed by atoms with Crippen molar-refractivity contribution in [3.63, 3.8) is 0 Å². The topological polar surface area (TPSA) is 47.9 Å². The molecule has 0 radical (unpaired) electrons. The van der Waals surface area contributed by atoms with Crippen LogP contribution in [0.15, 0.2) is 0 Å². The number of hydrogen-bond donors (Lipinski definition) is 1. The maximum atomic E-state index is 13.0. The van der Waals surface area contributed by atoms with Gasteiger partial charge in [-0.1, -0.05) is 0 Å². The first kappa shape index (κ1) is 28.7. The van der Waals surface area contributed by atoms with E-state index in [1.54, 1.807) is 0 Å². The summed E-state index contributed by atoms with van der Waals surface area (Å²) >= 11 is 0. The van der Waals surface area contributed by atoms with Crippen molar-refractivity contribution in [3.05, 3.63) is 0 Å². The summed E-state index contributed by atoms with van der Waals surface area (Å²) in [5.74, 6) is -15.8. The van der Waals surface area contributed by atoms with E-state index in [0.717, 1.165) is 0 Å². The average Bonchev–Trinajstić information content (AvgIpc) is 2.48. The number of halogens is 16. The highest BCUT2D eigenvalue weighted by atomic mass is 19.4. The first-order chi connectivity index (χ1) is 12.9. The first-order valence-corrected chi connectivity index (χ1v) is 6.50. The summed E-state index contributed by atoms with van der Waals surface area (Å²) in [6.45, 7) is -2.64. The van der Waals surface area contributed by atoms with E-state index >= 15 is 0 Å². The Labute approximate surface area is 153 Å². The first-order valence-electron chi connectivity index (χ1n) is 6.50. The molecule has 0 amide bonds. The molecule has 0 spiro atoms. The maximum absolute atomic E-state index is 13.0. The number of hydrogen-bond acceptors (Lipinski definition) is 4. The normalized spacial score (nSPS) is 16.7. The van der Waals surface area contributed by atoms with E-state index in [2.05, 4.69) is 4.74 Å². The molecule has 1 atom stereocenters. The predicted molar refractivity (Wildman–Crippen MR) is 55.8 cm³/mol. The Bertz CT molecular complexity index is 573. The van der Waals surface area contributed by atoms with Crippen molar-refractivity contribution in [2.45, 2.75) is 48.8 Å². The van der Waals surface area contributed by atoms with Gasteiger partial charge in [0, 0.05) is 0 Å². The molecule has 0 aromatic heterocycles. The largest absolute Gasteiger partial charge is 0.460 e. The van der Waals surface area contributed by atoms with Crippen LogP contribution in [0.4, 0.5) is 70.2 Å². The van der Waals surface area contributed by atoms with Crippen molar-refractivity contribution in [2.75, 3.05) is 13.2 Å². The van der Waals surface area contributed by atoms with Gasteiger partial charge in [0.05, 0.1) is 13.2 Å². The second-order valence-electron chi connectivity index (χ2n) is 4.87. The van der Waals surface area contributed by atoms with Crippen LogP contribution >= 0.6 is 0 Å². The highest BCUT2D eigenvalue weighted by Gasteiger charge is 2.85. The van der Waals surface area contributed by atoms with Gasteiger partial charge in [0.15, 0.2) is 0 Å². The van der Waals surface area contributed by atoms with Gasteiger partial charge in [0.2, 0.25) is 0 Å². The molecule has 1 N–H and O–H groups in total. The second kappa shape index (κ2) is 8.34. The summed E-state index contributed by atoms with van der Waals surface area (Å²) in [5, 5.41) is 8.11. The molecule has 0 aromatic rings. The molecular formula is C10H6F16O4. The molecule has 4 nitrogen and oxygen atoms in total. The van der Waals surface area contributed by atoms with Gasteiger partial charge in [-0.2, -0.15) is 65.9 Å². The molecule has 30 heavy (non-hydrogen) atoms. The molecule has 1 unspecified atom stereocenters. The van der Waals surface area contributed by atoms with E-state index in [1.165, 1.54) is 4.74 Å². The maximum Gasteiger partial charge on any atom is 0.460 e. The van der Waals surface area contributed by atoms with Gasteiger partial charge in [-0.15, -0.1) is 0 Å². The van der Waals surface area contributed by atoms with Crippen LogP contribution in [0.5, 0.6) is 0 Å². The summed E-state index contributed by atoms with van der Waals surface area (Å²) in [6, 6.07) is 0. The predicted octanol–water partition coefficient (Wildman–Crippen LogP) is 4.53. The third-order valence-corrected chi connectivity index (χ3v) is 2.60. The summed E-state index contributed by atoms with van der Waals surface area (Å²) in [4.78, 5) is 0. The molecule has 0 fully saturated rings. The van der Waals surface area contributed by atoms with Crippen molar-refractivity contribution in [1.29, 1.82) is 0 Å². The Kier molecular flexibility index (Phi) is 7.98. The lowest BCUT2D eigenvalue weighted by atomic mass is 10.1. The molecule has 0 rings (SSSR count). The van der Waals surface area contributed by atoms with Gasteiger partial charge in [0.25, 0.3) is 6.36 Å². The minimum absolute atomic E-state index is 1.25. The number of alkyl halides is 16. The molecule has 0 aliphatic heterocycles.